The molecule has 6 nitrogen and oxygen atoms in total. The van der Waals surface area contributed by atoms with E-state index in [1.54, 1.807) is 12.1 Å². The monoisotopic (exact) mass is 401 g/mol. The quantitative estimate of drug-likeness (QED) is 0.550. The lowest BCUT2D eigenvalue weighted by Gasteiger charge is -2.14. The lowest BCUT2D eigenvalue weighted by Crippen LogP contribution is -2.30. The Balaban J connectivity index is 2.11. The molecule has 0 spiro atoms. The SMILES string of the molecule is C=CC(F)(F)S(=O)(=O)Oc1ccc(C(=O)NCc2cccc(O)c2)cc1F. The summed E-state index contributed by atoms with van der Waals surface area (Å²) in [7, 11) is -5.48. The smallest absolute Gasteiger partial charge is 0.398 e. The lowest BCUT2D eigenvalue weighted by atomic mass is 10.1. The van der Waals surface area contributed by atoms with Crippen LogP contribution < -0.4 is 9.50 Å². The van der Waals surface area contributed by atoms with Crippen LogP contribution in [0.15, 0.2) is 55.1 Å². The molecule has 0 unspecified atom stereocenters. The molecule has 144 valence electrons. The van der Waals surface area contributed by atoms with Crippen LogP contribution in [-0.4, -0.2) is 24.7 Å². The zero-order valence-corrected chi connectivity index (χ0v) is 14.5. The maximum atomic E-state index is 14.0. The first-order valence-corrected chi connectivity index (χ1v) is 8.77. The predicted octanol–water partition coefficient (Wildman–Crippen LogP) is 2.95. The van der Waals surface area contributed by atoms with Crippen LogP contribution in [0.25, 0.3) is 0 Å². The number of nitrogens with one attached hydrogen (secondary N) is 1. The minimum atomic E-state index is -5.48. The van der Waals surface area contributed by atoms with Crippen molar-refractivity contribution >= 4 is 16.0 Å². The van der Waals surface area contributed by atoms with Crippen LogP contribution in [0.3, 0.4) is 0 Å². The van der Waals surface area contributed by atoms with Crippen LogP contribution >= 0.6 is 0 Å². The molecule has 0 aliphatic carbocycles. The molecular weight excluding hydrogens is 387 g/mol. The van der Waals surface area contributed by atoms with Gasteiger partial charge in [0.25, 0.3) is 5.91 Å². The largest absolute Gasteiger partial charge is 0.508 e. The predicted molar refractivity (Wildman–Crippen MR) is 90.4 cm³/mol. The van der Waals surface area contributed by atoms with Crippen LogP contribution in [0.4, 0.5) is 13.2 Å². The molecule has 1 amide bonds. The molecule has 0 saturated heterocycles. The Bertz CT molecular complexity index is 976. The Hall–Kier alpha value is -3.01. The summed E-state index contributed by atoms with van der Waals surface area (Å²) in [5.41, 5.74) is 0.398. The molecule has 0 aliphatic rings. The van der Waals surface area contributed by atoms with Crippen LogP contribution in [0, 0.1) is 5.82 Å². The summed E-state index contributed by atoms with van der Waals surface area (Å²) in [5, 5.41) is 7.40. The van der Waals surface area contributed by atoms with E-state index < -0.39 is 32.8 Å². The third-order valence-electron chi connectivity index (χ3n) is 3.33. The zero-order valence-electron chi connectivity index (χ0n) is 13.7. The van der Waals surface area contributed by atoms with Gasteiger partial charge in [-0.15, -0.1) is 0 Å². The van der Waals surface area contributed by atoms with Crippen molar-refractivity contribution in [3.63, 3.8) is 0 Å². The molecule has 0 radical (unpaired) electrons. The maximum Gasteiger partial charge on any atom is 0.398 e. The van der Waals surface area contributed by atoms with Gasteiger partial charge in [-0.25, -0.2) is 4.39 Å². The fraction of sp³-hybridized carbons (Fsp3) is 0.118. The van der Waals surface area contributed by atoms with Crippen LogP contribution in [0.5, 0.6) is 11.5 Å². The van der Waals surface area contributed by atoms with Gasteiger partial charge in [-0.3, -0.25) is 4.79 Å². The molecular formula is C17H14F3NO5S. The van der Waals surface area contributed by atoms with E-state index in [0.717, 1.165) is 12.1 Å². The van der Waals surface area contributed by atoms with Crippen molar-refractivity contribution in [1.82, 2.24) is 5.32 Å². The topological polar surface area (TPSA) is 92.7 Å². The standard InChI is InChI=1S/C17H14F3NO5S/c1-2-17(19,20)27(24,25)26-15-7-6-12(9-14(15)18)16(23)21-10-11-4-3-5-13(22)8-11/h2-9,22H,1,10H2,(H,21,23). The lowest BCUT2D eigenvalue weighted by molar-refractivity contribution is 0.0950. The van der Waals surface area contributed by atoms with Gasteiger partial charge in [-0.1, -0.05) is 18.7 Å². The summed E-state index contributed by atoms with van der Waals surface area (Å²) in [4.78, 5) is 12.0. The average molecular weight is 401 g/mol. The van der Waals surface area contributed by atoms with Gasteiger partial charge >= 0.3 is 15.4 Å². The molecule has 0 aromatic heterocycles. The average Bonchev–Trinajstić information content (AvgIpc) is 2.61. The van der Waals surface area contributed by atoms with Gasteiger partial charge in [-0.2, -0.15) is 17.2 Å². The number of amides is 1. The molecule has 2 rings (SSSR count). The number of alkyl halides is 2. The van der Waals surface area contributed by atoms with Crippen molar-refractivity contribution in [3.05, 3.63) is 72.1 Å². The highest BCUT2D eigenvalue weighted by atomic mass is 32.2. The minimum Gasteiger partial charge on any atom is -0.508 e. The van der Waals surface area contributed by atoms with Crippen molar-refractivity contribution in [1.29, 1.82) is 0 Å². The normalized spacial score (nSPS) is 11.7. The van der Waals surface area contributed by atoms with E-state index in [1.165, 1.54) is 12.1 Å². The number of phenols is 1. The third kappa shape index (κ3) is 4.79. The van der Waals surface area contributed by atoms with E-state index in [4.69, 9.17) is 0 Å². The summed E-state index contributed by atoms with van der Waals surface area (Å²) in [6.45, 7) is 2.71. The van der Waals surface area contributed by atoms with Crippen molar-refractivity contribution in [3.8, 4) is 11.5 Å². The minimum absolute atomic E-state index is 0.00632. The Morgan fingerprint density at radius 2 is 1.96 bits per heavy atom. The number of carbonyl (C=O) groups is 1. The molecule has 0 saturated carbocycles. The Labute approximate surface area is 153 Å². The Morgan fingerprint density at radius 1 is 1.26 bits per heavy atom. The second kappa shape index (κ2) is 7.70. The van der Waals surface area contributed by atoms with E-state index in [0.29, 0.717) is 11.6 Å². The summed E-state index contributed by atoms with van der Waals surface area (Å²) in [5.74, 6) is -3.00. The molecule has 27 heavy (non-hydrogen) atoms. The Kier molecular flexibility index (Phi) is 5.79. The van der Waals surface area contributed by atoms with E-state index in [9.17, 15) is 31.5 Å². The molecule has 0 heterocycles. The number of phenolic OH excluding ortho intramolecular Hbond substituents is 1. The Morgan fingerprint density at radius 3 is 2.56 bits per heavy atom. The second-order valence-corrected chi connectivity index (χ2v) is 6.92. The zero-order chi connectivity index (χ0) is 20.2. The van der Waals surface area contributed by atoms with E-state index in [2.05, 4.69) is 16.1 Å². The molecule has 0 bridgehead atoms. The van der Waals surface area contributed by atoms with Gasteiger partial charge in [0.2, 0.25) is 0 Å². The van der Waals surface area contributed by atoms with Gasteiger partial charge in [0, 0.05) is 12.1 Å². The van der Waals surface area contributed by atoms with Crippen molar-refractivity contribution < 1.29 is 35.7 Å². The number of benzene rings is 2. The number of rotatable bonds is 7. The number of halogens is 3. The second-order valence-electron chi connectivity index (χ2n) is 5.30. The summed E-state index contributed by atoms with van der Waals surface area (Å²) in [6.07, 6.45) is -0.149. The molecule has 2 aromatic carbocycles. The van der Waals surface area contributed by atoms with Gasteiger partial charge in [0.15, 0.2) is 11.6 Å². The number of hydrogen-bond acceptors (Lipinski definition) is 5. The molecule has 0 fully saturated rings. The number of aromatic hydroxyl groups is 1. The highest BCUT2D eigenvalue weighted by molar-refractivity contribution is 7.88. The third-order valence-corrected chi connectivity index (χ3v) is 4.56. The van der Waals surface area contributed by atoms with E-state index >= 15 is 0 Å². The molecule has 10 heteroatoms. The van der Waals surface area contributed by atoms with Gasteiger partial charge in [0.05, 0.1) is 0 Å². The summed E-state index contributed by atoms with van der Waals surface area (Å²) >= 11 is 0. The first-order valence-electron chi connectivity index (χ1n) is 7.37. The first-order chi connectivity index (χ1) is 12.6. The van der Waals surface area contributed by atoms with E-state index in [1.807, 2.05) is 0 Å². The van der Waals surface area contributed by atoms with Gasteiger partial charge < -0.3 is 14.6 Å². The van der Waals surface area contributed by atoms with Crippen LogP contribution in [0.2, 0.25) is 0 Å². The maximum absolute atomic E-state index is 14.0. The van der Waals surface area contributed by atoms with Gasteiger partial charge in [-0.05, 0) is 42.0 Å². The molecule has 2 aromatic rings. The molecule has 0 aliphatic heterocycles. The van der Waals surface area contributed by atoms with E-state index in [-0.39, 0.29) is 23.9 Å². The highest BCUT2D eigenvalue weighted by Gasteiger charge is 2.44. The number of carbonyl (C=O) groups excluding carboxylic acids is 1. The molecule has 0 atom stereocenters. The number of hydrogen-bond donors (Lipinski definition) is 2. The van der Waals surface area contributed by atoms with Crippen molar-refractivity contribution in [2.24, 2.45) is 0 Å². The van der Waals surface area contributed by atoms with Crippen molar-refractivity contribution in [2.75, 3.05) is 0 Å². The summed E-state index contributed by atoms with van der Waals surface area (Å²) < 4.78 is 67.3. The fourth-order valence-corrected chi connectivity index (χ4v) is 2.62. The molecule has 2 N–H and O–H groups in total. The fourth-order valence-electron chi connectivity index (χ4n) is 1.94. The van der Waals surface area contributed by atoms with Gasteiger partial charge in [0.1, 0.15) is 5.75 Å². The van der Waals surface area contributed by atoms with Crippen LogP contribution in [0.1, 0.15) is 15.9 Å². The first kappa shape index (κ1) is 20.3. The van der Waals surface area contributed by atoms with Crippen LogP contribution in [-0.2, 0) is 16.7 Å². The van der Waals surface area contributed by atoms with Crippen molar-refractivity contribution in [2.45, 2.75) is 11.8 Å². The summed E-state index contributed by atoms with van der Waals surface area (Å²) in [6, 6.07) is 8.48. The highest BCUT2D eigenvalue weighted by Crippen LogP contribution is 2.28.